The van der Waals surface area contributed by atoms with Gasteiger partial charge in [0.15, 0.2) is 5.82 Å². The average molecular weight is 961 g/mol. The topological polar surface area (TPSA) is 213 Å². The lowest BCUT2D eigenvalue weighted by Crippen LogP contribution is -2.52. The number of hydrogen-bond donors (Lipinski definition) is 3. The maximum atomic E-state index is 13.7. The van der Waals surface area contributed by atoms with Crippen molar-refractivity contribution in [3.05, 3.63) is 78.8 Å². The van der Waals surface area contributed by atoms with Crippen LogP contribution in [0.5, 0.6) is 0 Å². The number of nitrogens with zero attached hydrogens (tertiary/aromatic N) is 12. The second-order valence-corrected chi connectivity index (χ2v) is 19.8. The number of nitrogens with one attached hydrogen (secondary N) is 2. The zero-order chi connectivity index (χ0) is 49.6. The highest BCUT2D eigenvalue weighted by Gasteiger charge is 2.41. The van der Waals surface area contributed by atoms with Crippen molar-refractivity contribution < 1.29 is 24.3 Å². The molecule has 8 heterocycles. The number of piperazine rings is 1. The molecule has 19 heteroatoms. The van der Waals surface area contributed by atoms with Gasteiger partial charge in [0, 0.05) is 112 Å². The van der Waals surface area contributed by atoms with E-state index in [1.54, 1.807) is 21.6 Å². The van der Waals surface area contributed by atoms with Gasteiger partial charge in [0.2, 0.25) is 17.7 Å². The van der Waals surface area contributed by atoms with Gasteiger partial charge in [-0.25, -0.2) is 19.3 Å². The van der Waals surface area contributed by atoms with Crippen LogP contribution in [-0.4, -0.2) is 134 Å². The highest BCUT2D eigenvalue weighted by Crippen LogP contribution is 2.38. The normalized spacial score (nSPS) is 18.3. The van der Waals surface area contributed by atoms with Crippen molar-refractivity contribution in [2.45, 2.75) is 77.4 Å². The molecule has 0 unspecified atom stereocenters. The third kappa shape index (κ3) is 9.19. The molecular formula is C52H60N14O5. The molecule has 5 amide bonds. The highest BCUT2D eigenvalue weighted by molar-refractivity contribution is 6.09. The Morgan fingerprint density at radius 2 is 1.55 bits per heavy atom. The van der Waals surface area contributed by atoms with E-state index in [4.69, 9.17) is 9.97 Å². The number of piperidine rings is 2. The van der Waals surface area contributed by atoms with Crippen LogP contribution in [0.3, 0.4) is 0 Å². The van der Waals surface area contributed by atoms with Crippen molar-refractivity contribution in [2.75, 3.05) is 78.5 Å². The maximum Gasteiger partial charge on any atom is 0.329 e. The maximum absolute atomic E-state index is 13.7. The first-order chi connectivity index (χ1) is 34.2. The van der Waals surface area contributed by atoms with Crippen molar-refractivity contribution in [1.82, 2.24) is 44.9 Å². The van der Waals surface area contributed by atoms with Gasteiger partial charge in [0.05, 0.1) is 46.7 Å². The number of rotatable bonds is 11. The number of imide groups is 1. The number of aliphatic hydroxyl groups is 1. The van der Waals surface area contributed by atoms with Crippen LogP contribution in [0.25, 0.3) is 38.9 Å². The number of benzene rings is 2. The average Bonchev–Trinajstić information content (AvgIpc) is 3.96. The lowest BCUT2D eigenvalue weighted by atomic mass is 9.75. The predicted octanol–water partition coefficient (Wildman–Crippen LogP) is 5.25. The van der Waals surface area contributed by atoms with Crippen LogP contribution in [0, 0.1) is 16.7 Å². The number of hydrogen-bond acceptors (Lipinski definition) is 13. The molecule has 0 spiro atoms. The lowest BCUT2D eigenvalue weighted by molar-refractivity contribution is -0.137. The molecule has 3 N–H and O–H groups in total. The molecule has 4 saturated heterocycles. The summed E-state index contributed by atoms with van der Waals surface area (Å²) in [4.78, 5) is 71.1. The van der Waals surface area contributed by atoms with Crippen molar-refractivity contribution in [1.29, 1.82) is 5.26 Å². The van der Waals surface area contributed by atoms with E-state index in [9.17, 15) is 29.5 Å². The summed E-state index contributed by atoms with van der Waals surface area (Å²) in [6.45, 7) is 11.4. The summed E-state index contributed by atoms with van der Waals surface area (Å²) in [5, 5.41) is 37.1. The van der Waals surface area contributed by atoms with Crippen LogP contribution < -0.4 is 30.2 Å². The van der Waals surface area contributed by atoms with E-state index < -0.39 is 11.6 Å². The minimum atomic E-state index is -1.10. The van der Waals surface area contributed by atoms with Crippen molar-refractivity contribution >= 4 is 63.2 Å². The van der Waals surface area contributed by atoms with Gasteiger partial charge in [0.1, 0.15) is 23.0 Å². The first-order valence-corrected chi connectivity index (χ1v) is 24.7. The van der Waals surface area contributed by atoms with Crippen LogP contribution in [0.1, 0.15) is 71.3 Å². The SMILES string of the molecule is CCC1(C(=O)NC(C)C)CCN(c2ccc(-c3nc(-c4ccc(N5CCN(C(=O)CC6(O)CCN(c7ccc8c(N9CCC(=O)NC9=O)nn(C)c8c7)CC6)CC5)cc4)cn4ncc(C#N)c34)cn2)CC1. The van der Waals surface area contributed by atoms with E-state index in [2.05, 4.69) is 60.7 Å². The number of pyridine rings is 1. The van der Waals surface area contributed by atoms with E-state index >= 15 is 0 Å². The number of aromatic nitrogens is 6. The predicted molar refractivity (Wildman–Crippen MR) is 270 cm³/mol. The lowest BCUT2D eigenvalue weighted by Gasteiger charge is -2.41. The Labute approximate surface area is 412 Å². The molecule has 4 fully saturated rings. The molecule has 4 aromatic heterocycles. The number of aryl methyl sites for hydroxylation is 1. The van der Waals surface area contributed by atoms with Crippen molar-refractivity contribution in [2.24, 2.45) is 12.5 Å². The minimum Gasteiger partial charge on any atom is -0.389 e. The van der Waals surface area contributed by atoms with Gasteiger partial charge >= 0.3 is 6.03 Å². The first-order valence-electron chi connectivity index (χ1n) is 24.7. The number of urea groups is 1. The minimum absolute atomic E-state index is 0.0407. The van der Waals surface area contributed by atoms with E-state index in [1.165, 1.54) is 4.90 Å². The third-order valence-corrected chi connectivity index (χ3v) is 15.1. The first kappa shape index (κ1) is 47.1. The molecule has 19 nitrogen and oxygen atoms in total. The number of carbonyl (C=O) groups is 4. The quantitative estimate of drug-likeness (QED) is 0.152. The number of nitriles is 1. The van der Waals surface area contributed by atoms with Crippen LogP contribution >= 0.6 is 0 Å². The number of anilines is 4. The zero-order valence-corrected chi connectivity index (χ0v) is 40.8. The molecular weight excluding hydrogens is 901 g/mol. The molecule has 0 aliphatic carbocycles. The molecule has 2 aromatic carbocycles. The summed E-state index contributed by atoms with van der Waals surface area (Å²) in [6, 6.07) is 20.0. The van der Waals surface area contributed by atoms with Gasteiger partial charge in [-0.15, -0.1) is 0 Å². The molecule has 0 saturated carbocycles. The second-order valence-electron chi connectivity index (χ2n) is 19.8. The summed E-state index contributed by atoms with van der Waals surface area (Å²) >= 11 is 0. The van der Waals surface area contributed by atoms with Crippen molar-refractivity contribution in [3.63, 3.8) is 0 Å². The summed E-state index contributed by atoms with van der Waals surface area (Å²) in [7, 11) is 1.83. The van der Waals surface area contributed by atoms with Gasteiger partial charge in [-0.1, -0.05) is 19.1 Å². The summed E-state index contributed by atoms with van der Waals surface area (Å²) in [5.41, 5.74) is 5.35. The van der Waals surface area contributed by atoms with Gasteiger partial charge in [-0.2, -0.15) is 15.5 Å². The Hall–Kier alpha value is -7.59. The van der Waals surface area contributed by atoms with Crippen LogP contribution in [0.15, 0.2) is 73.2 Å². The Morgan fingerprint density at radius 3 is 2.21 bits per heavy atom. The Bertz CT molecular complexity index is 3040. The zero-order valence-electron chi connectivity index (χ0n) is 40.8. The van der Waals surface area contributed by atoms with Crippen LogP contribution in [0.2, 0.25) is 0 Å². The molecule has 6 aromatic rings. The fourth-order valence-corrected chi connectivity index (χ4v) is 10.7. The van der Waals surface area contributed by atoms with Gasteiger partial charge in [-0.05, 0) is 88.4 Å². The summed E-state index contributed by atoms with van der Waals surface area (Å²) in [5.74, 6) is 1.14. The van der Waals surface area contributed by atoms with Crippen LogP contribution in [0.4, 0.5) is 27.8 Å². The Kier molecular flexibility index (Phi) is 12.6. The van der Waals surface area contributed by atoms with Crippen molar-refractivity contribution in [3.8, 4) is 28.6 Å². The number of carbonyl (C=O) groups excluding carboxylic acids is 4. The Morgan fingerprint density at radius 1 is 0.859 bits per heavy atom. The molecule has 0 bridgehead atoms. The number of fused-ring (bicyclic) bond motifs is 2. The largest absolute Gasteiger partial charge is 0.389 e. The van der Waals surface area contributed by atoms with E-state index in [0.717, 1.165) is 71.6 Å². The third-order valence-electron chi connectivity index (χ3n) is 15.1. The Balaban J connectivity index is 0.746. The smallest absolute Gasteiger partial charge is 0.329 e. The molecule has 4 aliphatic heterocycles. The van der Waals surface area contributed by atoms with Gasteiger partial charge in [0.25, 0.3) is 0 Å². The second kappa shape index (κ2) is 19.0. The molecule has 4 aliphatic rings. The van der Waals surface area contributed by atoms with E-state index in [1.807, 2.05) is 74.5 Å². The monoisotopic (exact) mass is 960 g/mol. The molecule has 368 valence electrons. The molecule has 10 rings (SSSR count). The number of amides is 5. The standard InChI is InChI=1S/C52H60N14O5/c1-5-51(49(69)56-34(2)3)15-20-63(21-16-51)43-13-8-36(31-54-43)46-47-37(30-53)32-55-66(47)33-41(57-46)35-6-9-38(10-7-35)62-24-26-64(27-25-62)45(68)29-52(71)17-22-61(23-18-52)39-11-12-40-42(28-39)60(4)59-48(40)65-19-14-44(67)58-50(65)70/h6-13,28,31-34,71H,5,14-27,29H2,1-4H3,(H,56,69)(H,58,67,70). The van der Waals surface area contributed by atoms with E-state index in [-0.39, 0.29) is 48.6 Å². The highest BCUT2D eigenvalue weighted by atomic mass is 16.3. The fraction of sp³-hybridized carbons (Fsp3) is 0.442. The van der Waals surface area contributed by atoms with Crippen LogP contribution in [-0.2, 0) is 21.4 Å². The summed E-state index contributed by atoms with van der Waals surface area (Å²) in [6.07, 6.45) is 8.69. The van der Waals surface area contributed by atoms with E-state index in [0.29, 0.717) is 80.4 Å². The molecule has 0 radical (unpaired) electrons. The summed E-state index contributed by atoms with van der Waals surface area (Å²) < 4.78 is 3.44. The van der Waals surface area contributed by atoms with Gasteiger partial charge in [-0.3, -0.25) is 29.3 Å². The fourth-order valence-electron chi connectivity index (χ4n) is 10.7. The van der Waals surface area contributed by atoms with Gasteiger partial charge < -0.3 is 30.0 Å². The molecule has 0 atom stereocenters. The molecule has 71 heavy (non-hydrogen) atoms.